The lowest BCUT2D eigenvalue weighted by molar-refractivity contribution is -0.189. The first-order valence-corrected chi connectivity index (χ1v) is 5.83. The van der Waals surface area contributed by atoms with Crippen LogP contribution in [0.1, 0.15) is 18.6 Å². The molecule has 0 aromatic heterocycles. The van der Waals surface area contributed by atoms with Gasteiger partial charge in [-0.3, -0.25) is 0 Å². The van der Waals surface area contributed by atoms with E-state index in [0.29, 0.717) is 5.75 Å². The van der Waals surface area contributed by atoms with Crippen LogP contribution in [0, 0.1) is 0 Å². The van der Waals surface area contributed by atoms with Crippen LogP contribution in [0.15, 0.2) is 18.2 Å². The highest BCUT2D eigenvalue weighted by Crippen LogP contribution is 2.38. The van der Waals surface area contributed by atoms with E-state index in [9.17, 15) is 18.7 Å². The van der Waals surface area contributed by atoms with Gasteiger partial charge in [0.05, 0.1) is 20.8 Å². The SMILES string of the molecule is CCOC(=O)C(F)(F)C(O)c1ccc(OC)cc1OC. The largest absolute Gasteiger partial charge is 0.497 e. The first-order chi connectivity index (χ1) is 9.38. The maximum atomic E-state index is 13.8. The molecule has 1 aromatic carbocycles. The molecule has 0 aliphatic heterocycles. The minimum Gasteiger partial charge on any atom is -0.497 e. The quantitative estimate of drug-likeness (QED) is 0.811. The number of carbonyl (C=O) groups is 1. The predicted molar refractivity (Wildman–Crippen MR) is 66.1 cm³/mol. The second-order valence-electron chi connectivity index (χ2n) is 3.85. The normalized spacial score (nSPS) is 12.7. The van der Waals surface area contributed by atoms with E-state index in [4.69, 9.17) is 9.47 Å². The fourth-order valence-electron chi connectivity index (χ4n) is 1.58. The van der Waals surface area contributed by atoms with Gasteiger partial charge in [0.15, 0.2) is 6.10 Å². The zero-order valence-corrected chi connectivity index (χ0v) is 11.4. The molecule has 1 aromatic rings. The molecule has 0 bridgehead atoms. The monoisotopic (exact) mass is 290 g/mol. The van der Waals surface area contributed by atoms with Crippen LogP contribution < -0.4 is 9.47 Å². The molecule has 1 unspecified atom stereocenters. The van der Waals surface area contributed by atoms with Crippen LogP contribution in [0.2, 0.25) is 0 Å². The molecule has 5 nitrogen and oxygen atoms in total. The number of methoxy groups -OCH3 is 2. The van der Waals surface area contributed by atoms with E-state index in [1.165, 1.54) is 39.3 Å². The van der Waals surface area contributed by atoms with Crippen molar-refractivity contribution in [1.82, 2.24) is 0 Å². The van der Waals surface area contributed by atoms with Crippen LogP contribution in [0.4, 0.5) is 8.78 Å². The third kappa shape index (κ3) is 3.16. The first kappa shape index (κ1) is 16.2. The Morgan fingerprint density at radius 2 is 2.00 bits per heavy atom. The molecule has 0 saturated carbocycles. The maximum Gasteiger partial charge on any atom is 0.380 e. The number of ether oxygens (including phenoxy) is 3. The molecular weight excluding hydrogens is 274 g/mol. The summed E-state index contributed by atoms with van der Waals surface area (Å²) in [7, 11) is 2.66. The summed E-state index contributed by atoms with van der Waals surface area (Å²) in [6, 6.07) is 3.91. The van der Waals surface area contributed by atoms with Gasteiger partial charge < -0.3 is 19.3 Å². The molecule has 0 saturated heterocycles. The fourth-order valence-corrected chi connectivity index (χ4v) is 1.58. The summed E-state index contributed by atoms with van der Waals surface area (Å²) in [5, 5.41) is 9.75. The number of carbonyl (C=O) groups excluding carboxylic acids is 1. The van der Waals surface area contributed by atoms with Gasteiger partial charge in [-0.25, -0.2) is 4.79 Å². The Morgan fingerprint density at radius 3 is 2.50 bits per heavy atom. The Balaban J connectivity index is 3.13. The molecule has 1 N–H and O–H groups in total. The van der Waals surface area contributed by atoms with Gasteiger partial charge in [0.1, 0.15) is 11.5 Å². The second kappa shape index (κ2) is 6.51. The molecule has 1 rings (SSSR count). The Hall–Kier alpha value is -1.89. The van der Waals surface area contributed by atoms with Crippen molar-refractivity contribution in [3.63, 3.8) is 0 Å². The van der Waals surface area contributed by atoms with Gasteiger partial charge in [-0.05, 0) is 19.1 Å². The zero-order valence-electron chi connectivity index (χ0n) is 11.4. The number of benzene rings is 1. The molecule has 0 spiro atoms. The highest BCUT2D eigenvalue weighted by molar-refractivity contribution is 5.78. The van der Waals surface area contributed by atoms with Gasteiger partial charge in [0.2, 0.25) is 0 Å². The number of halogens is 2. The lowest BCUT2D eigenvalue weighted by Crippen LogP contribution is -2.37. The molecule has 112 valence electrons. The molecule has 20 heavy (non-hydrogen) atoms. The summed E-state index contributed by atoms with van der Waals surface area (Å²) in [6.07, 6.45) is -2.37. The van der Waals surface area contributed by atoms with Crippen LogP contribution in [0.25, 0.3) is 0 Å². The van der Waals surface area contributed by atoms with E-state index >= 15 is 0 Å². The van der Waals surface area contributed by atoms with Crippen LogP contribution in [0.5, 0.6) is 11.5 Å². The third-order valence-corrected chi connectivity index (χ3v) is 2.63. The van der Waals surface area contributed by atoms with Gasteiger partial charge in [-0.2, -0.15) is 8.78 Å². The van der Waals surface area contributed by atoms with Gasteiger partial charge in [-0.1, -0.05) is 0 Å². The van der Waals surface area contributed by atoms with Crippen LogP contribution in [-0.2, 0) is 9.53 Å². The Kier molecular flexibility index (Phi) is 5.26. The average molecular weight is 290 g/mol. The smallest absolute Gasteiger partial charge is 0.380 e. The number of rotatable bonds is 6. The van der Waals surface area contributed by atoms with E-state index in [-0.39, 0.29) is 17.9 Å². The molecule has 0 fully saturated rings. The lowest BCUT2D eigenvalue weighted by Gasteiger charge is -2.22. The van der Waals surface area contributed by atoms with Gasteiger partial charge >= 0.3 is 11.9 Å². The van der Waals surface area contributed by atoms with Crippen molar-refractivity contribution in [2.24, 2.45) is 0 Å². The number of esters is 1. The number of alkyl halides is 2. The van der Waals surface area contributed by atoms with Gasteiger partial charge in [-0.15, -0.1) is 0 Å². The van der Waals surface area contributed by atoms with Crippen molar-refractivity contribution in [1.29, 1.82) is 0 Å². The standard InChI is InChI=1S/C13H16F2O5/c1-4-20-12(17)13(14,15)11(16)9-6-5-8(18-2)7-10(9)19-3/h5-7,11,16H,4H2,1-3H3. The minimum absolute atomic E-state index is 0.0131. The van der Waals surface area contributed by atoms with Crippen molar-refractivity contribution in [3.05, 3.63) is 23.8 Å². The number of aliphatic hydroxyl groups is 1. The summed E-state index contributed by atoms with van der Waals surface area (Å²) in [6.45, 7) is 1.19. The molecule has 1 atom stereocenters. The van der Waals surface area contributed by atoms with E-state index in [0.717, 1.165) is 0 Å². The maximum absolute atomic E-state index is 13.8. The van der Waals surface area contributed by atoms with Crippen molar-refractivity contribution in [2.45, 2.75) is 19.0 Å². The van der Waals surface area contributed by atoms with Gasteiger partial charge in [0.25, 0.3) is 0 Å². The summed E-state index contributed by atoms with van der Waals surface area (Å²) < 4.78 is 41.6. The topological polar surface area (TPSA) is 65.0 Å². The number of hydrogen-bond acceptors (Lipinski definition) is 5. The summed E-state index contributed by atoms with van der Waals surface area (Å²) >= 11 is 0. The molecule has 0 aliphatic rings. The predicted octanol–water partition coefficient (Wildman–Crippen LogP) is 1.94. The summed E-state index contributed by atoms with van der Waals surface area (Å²) in [5.41, 5.74) is -0.230. The second-order valence-corrected chi connectivity index (χ2v) is 3.85. The highest BCUT2D eigenvalue weighted by Gasteiger charge is 2.50. The van der Waals surface area contributed by atoms with E-state index in [2.05, 4.69) is 4.74 Å². The minimum atomic E-state index is -4.07. The van der Waals surface area contributed by atoms with Crippen molar-refractivity contribution in [3.8, 4) is 11.5 Å². The van der Waals surface area contributed by atoms with E-state index in [1.807, 2.05) is 0 Å². The summed E-state index contributed by atoms with van der Waals surface area (Å²) in [4.78, 5) is 11.2. The lowest BCUT2D eigenvalue weighted by atomic mass is 10.0. The molecule has 0 radical (unpaired) electrons. The Labute approximate surface area is 115 Å². The molecular formula is C13H16F2O5. The fraction of sp³-hybridized carbons (Fsp3) is 0.462. The first-order valence-electron chi connectivity index (χ1n) is 5.83. The Bertz CT molecular complexity index is 476. The van der Waals surface area contributed by atoms with Crippen LogP contribution in [0.3, 0.4) is 0 Å². The molecule has 0 heterocycles. The highest BCUT2D eigenvalue weighted by atomic mass is 19.3. The van der Waals surface area contributed by atoms with E-state index in [1.54, 1.807) is 0 Å². The molecule has 7 heteroatoms. The third-order valence-electron chi connectivity index (χ3n) is 2.63. The Morgan fingerprint density at radius 1 is 1.35 bits per heavy atom. The van der Waals surface area contributed by atoms with Crippen LogP contribution >= 0.6 is 0 Å². The number of hydrogen-bond donors (Lipinski definition) is 1. The molecule has 0 aliphatic carbocycles. The molecule has 0 amide bonds. The van der Waals surface area contributed by atoms with Gasteiger partial charge in [0, 0.05) is 11.6 Å². The average Bonchev–Trinajstić information content (AvgIpc) is 2.45. The zero-order chi connectivity index (χ0) is 15.3. The van der Waals surface area contributed by atoms with Crippen LogP contribution in [-0.4, -0.2) is 37.8 Å². The van der Waals surface area contributed by atoms with E-state index < -0.39 is 18.0 Å². The van der Waals surface area contributed by atoms with Crippen molar-refractivity contribution in [2.75, 3.05) is 20.8 Å². The van der Waals surface area contributed by atoms with Crippen molar-refractivity contribution < 1.29 is 32.9 Å². The van der Waals surface area contributed by atoms with Crippen molar-refractivity contribution >= 4 is 5.97 Å². The number of aliphatic hydroxyl groups excluding tert-OH is 1. The summed E-state index contributed by atoms with van der Waals surface area (Å²) in [5.74, 6) is -5.50.